The molecule has 0 aromatic heterocycles. The van der Waals surface area contributed by atoms with Gasteiger partial charge in [-0.1, -0.05) is 17.7 Å². The summed E-state index contributed by atoms with van der Waals surface area (Å²) < 4.78 is 19.3. The summed E-state index contributed by atoms with van der Waals surface area (Å²) in [6.07, 6.45) is -0.755. The minimum Gasteiger partial charge on any atom is -0.460 e. The highest BCUT2D eigenvalue weighted by atomic mass is 35.5. The van der Waals surface area contributed by atoms with Gasteiger partial charge in [0.1, 0.15) is 0 Å². The van der Waals surface area contributed by atoms with E-state index in [1.807, 2.05) is 0 Å². The van der Waals surface area contributed by atoms with Crippen molar-refractivity contribution in [1.29, 1.82) is 0 Å². The second-order valence-corrected chi connectivity index (χ2v) is 5.00. The Hall–Kier alpha value is -1.42. The Bertz CT molecular complexity index is 527. The first-order valence-corrected chi connectivity index (χ1v) is 5.95. The molecule has 0 saturated carbocycles. The number of esters is 1. The number of ether oxygens (including phenoxy) is 1. The van der Waals surface area contributed by atoms with E-state index in [1.165, 1.54) is 6.07 Å². The molecule has 1 atom stereocenters. The predicted octanol–water partition coefficient (Wildman–Crippen LogP) is 2.74. The van der Waals surface area contributed by atoms with Crippen LogP contribution in [0.5, 0.6) is 0 Å². The average Bonchev–Trinajstić information content (AvgIpc) is 2.53. The summed E-state index contributed by atoms with van der Waals surface area (Å²) in [6, 6.07) is 4.50. The van der Waals surface area contributed by atoms with Gasteiger partial charge in [0.15, 0.2) is 0 Å². The summed E-state index contributed by atoms with van der Waals surface area (Å²) in [5.41, 5.74) is -1.98. The van der Waals surface area contributed by atoms with Crippen LogP contribution in [0.25, 0.3) is 0 Å². The molecule has 96 valence electrons. The van der Waals surface area contributed by atoms with Crippen LogP contribution in [0.1, 0.15) is 29.8 Å². The number of alkyl halides is 1. The van der Waals surface area contributed by atoms with E-state index in [9.17, 15) is 14.0 Å². The third kappa shape index (κ3) is 2.01. The zero-order chi connectivity index (χ0) is 13.5. The molecule has 0 fully saturated rings. The van der Waals surface area contributed by atoms with E-state index in [1.54, 1.807) is 26.0 Å². The molecule has 5 heteroatoms. The Morgan fingerprint density at radius 1 is 1.50 bits per heavy atom. The highest BCUT2D eigenvalue weighted by molar-refractivity contribution is 6.31. The summed E-state index contributed by atoms with van der Waals surface area (Å²) in [7, 11) is 0. The molecule has 1 aromatic rings. The van der Waals surface area contributed by atoms with Crippen molar-refractivity contribution in [2.75, 3.05) is 0 Å². The normalized spacial score (nSPS) is 22.2. The van der Waals surface area contributed by atoms with Crippen LogP contribution in [0.3, 0.4) is 0 Å². The van der Waals surface area contributed by atoms with Crippen LogP contribution in [0.15, 0.2) is 18.2 Å². The molecule has 0 heterocycles. The molecular weight excluding hydrogens is 259 g/mol. The van der Waals surface area contributed by atoms with Crippen molar-refractivity contribution in [2.45, 2.75) is 32.0 Å². The predicted molar refractivity (Wildman–Crippen MR) is 64.6 cm³/mol. The molecular formula is C13H12ClFO3. The lowest BCUT2D eigenvalue weighted by Gasteiger charge is -2.17. The first-order chi connectivity index (χ1) is 8.34. The van der Waals surface area contributed by atoms with Crippen molar-refractivity contribution in [3.05, 3.63) is 34.3 Å². The fourth-order valence-corrected chi connectivity index (χ4v) is 2.11. The van der Waals surface area contributed by atoms with Crippen LogP contribution in [0.2, 0.25) is 5.02 Å². The van der Waals surface area contributed by atoms with Crippen molar-refractivity contribution in [2.24, 2.45) is 0 Å². The number of carbonyl (C=O) groups is 2. The van der Waals surface area contributed by atoms with Gasteiger partial charge in [-0.2, -0.15) is 0 Å². The lowest BCUT2D eigenvalue weighted by atomic mass is 10.0. The maximum absolute atomic E-state index is 14.5. The van der Waals surface area contributed by atoms with E-state index in [0.717, 1.165) is 0 Å². The standard InChI is InChI=1S/C13H12ClFO3/c1-7(2)18-12(17)13(15)6-8-3-4-9(14)5-10(8)11(13)16/h3-5,7H,6H2,1-2H3. The number of ketones is 1. The van der Waals surface area contributed by atoms with E-state index in [0.29, 0.717) is 10.6 Å². The van der Waals surface area contributed by atoms with E-state index in [4.69, 9.17) is 16.3 Å². The summed E-state index contributed by atoms with van der Waals surface area (Å²) in [4.78, 5) is 23.6. The molecule has 0 N–H and O–H groups in total. The molecule has 2 rings (SSSR count). The van der Waals surface area contributed by atoms with Crippen molar-refractivity contribution in [1.82, 2.24) is 0 Å². The van der Waals surface area contributed by atoms with E-state index < -0.39 is 23.5 Å². The van der Waals surface area contributed by atoms with Crippen LogP contribution in [0, 0.1) is 0 Å². The van der Waals surface area contributed by atoms with Gasteiger partial charge in [-0.15, -0.1) is 0 Å². The third-order valence-electron chi connectivity index (χ3n) is 2.78. The van der Waals surface area contributed by atoms with Gasteiger partial charge >= 0.3 is 5.97 Å². The van der Waals surface area contributed by atoms with Crippen LogP contribution in [-0.4, -0.2) is 23.5 Å². The van der Waals surface area contributed by atoms with Gasteiger partial charge in [-0.3, -0.25) is 4.79 Å². The summed E-state index contributed by atoms with van der Waals surface area (Å²) in [5.74, 6) is -2.00. The second kappa shape index (κ2) is 4.35. The number of hydrogen-bond acceptors (Lipinski definition) is 3. The minimum atomic E-state index is -2.61. The highest BCUT2D eigenvalue weighted by Gasteiger charge is 2.54. The number of carbonyl (C=O) groups excluding carboxylic acids is 2. The Kier molecular flexibility index (Phi) is 3.15. The lowest BCUT2D eigenvalue weighted by Crippen LogP contribution is -2.42. The number of fused-ring (bicyclic) bond motifs is 1. The van der Waals surface area contributed by atoms with E-state index >= 15 is 0 Å². The SMILES string of the molecule is CC(C)OC(=O)C1(F)Cc2ccc(Cl)cc2C1=O. The largest absolute Gasteiger partial charge is 0.460 e. The molecule has 3 nitrogen and oxygen atoms in total. The molecule has 1 aliphatic rings. The molecule has 18 heavy (non-hydrogen) atoms. The summed E-state index contributed by atoms with van der Waals surface area (Å²) in [6.45, 7) is 3.20. The van der Waals surface area contributed by atoms with Crippen molar-refractivity contribution < 1.29 is 18.7 Å². The topological polar surface area (TPSA) is 43.4 Å². The van der Waals surface area contributed by atoms with Crippen molar-refractivity contribution in [3.8, 4) is 0 Å². The van der Waals surface area contributed by atoms with Crippen LogP contribution >= 0.6 is 11.6 Å². The van der Waals surface area contributed by atoms with Gasteiger partial charge in [0, 0.05) is 17.0 Å². The molecule has 0 spiro atoms. The number of hydrogen-bond donors (Lipinski definition) is 0. The maximum atomic E-state index is 14.5. The Labute approximate surface area is 109 Å². The molecule has 1 aromatic carbocycles. The van der Waals surface area contributed by atoms with Gasteiger partial charge in [0.25, 0.3) is 5.67 Å². The smallest absolute Gasteiger partial charge is 0.352 e. The van der Waals surface area contributed by atoms with Crippen molar-refractivity contribution in [3.63, 3.8) is 0 Å². The van der Waals surface area contributed by atoms with E-state index in [-0.39, 0.29) is 12.0 Å². The van der Waals surface area contributed by atoms with Crippen LogP contribution < -0.4 is 0 Å². The first kappa shape index (κ1) is 13.0. The highest BCUT2D eigenvalue weighted by Crippen LogP contribution is 2.35. The number of benzene rings is 1. The quantitative estimate of drug-likeness (QED) is 0.613. The monoisotopic (exact) mass is 270 g/mol. The summed E-state index contributed by atoms with van der Waals surface area (Å²) >= 11 is 5.75. The van der Waals surface area contributed by atoms with Gasteiger partial charge in [0.05, 0.1) is 6.10 Å². The third-order valence-corrected chi connectivity index (χ3v) is 3.01. The summed E-state index contributed by atoms with van der Waals surface area (Å²) in [5, 5.41) is 0.337. The average molecular weight is 271 g/mol. The molecule has 0 aliphatic heterocycles. The van der Waals surface area contributed by atoms with Gasteiger partial charge < -0.3 is 4.74 Å². The Morgan fingerprint density at radius 2 is 2.17 bits per heavy atom. The lowest BCUT2D eigenvalue weighted by molar-refractivity contribution is -0.157. The number of Topliss-reactive ketones (excluding diaryl/α,β-unsaturated/α-hetero) is 1. The van der Waals surface area contributed by atoms with Crippen molar-refractivity contribution >= 4 is 23.4 Å². The van der Waals surface area contributed by atoms with Gasteiger partial charge in [0.2, 0.25) is 5.78 Å². The fourth-order valence-electron chi connectivity index (χ4n) is 1.94. The van der Waals surface area contributed by atoms with E-state index in [2.05, 4.69) is 0 Å². The molecule has 1 aliphatic carbocycles. The zero-order valence-corrected chi connectivity index (χ0v) is 10.8. The van der Waals surface area contributed by atoms with Crippen LogP contribution in [-0.2, 0) is 16.0 Å². The Balaban J connectivity index is 2.35. The number of rotatable bonds is 2. The molecule has 0 bridgehead atoms. The molecule has 0 radical (unpaired) electrons. The first-order valence-electron chi connectivity index (χ1n) is 5.58. The van der Waals surface area contributed by atoms with Gasteiger partial charge in [-0.25, -0.2) is 9.18 Å². The molecule has 1 unspecified atom stereocenters. The molecule has 0 saturated heterocycles. The maximum Gasteiger partial charge on any atom is 0.352 e. The second-order valence-electron chi connectivity index (χ2n) is 4.56. The minimum absolute atomic E-state index is 0.158. The van der Waals surface area contributed by atoms with Gasteiger partial charge in [-0.05, 0) is 31.5 Å². The Morgan fingerprint density at radius 3 is 2.78 bits per heavy atom. The zero-order valence-electron chi connectivity index (χ0n) is 10.00. The molecule has 0 amide bonds. The fraction of sp³-hybridized carbons (Fsp3) is 0.385. The van der Waals surface area contributed by atoms with Crippen LogP contribution in [0.4, 0.5) is 4.39 Å². The number of halogens is 2.